The number of carbonyl (C=O) groups excluding carboxylic acids is 1. The fourth-order valence-electron chi connectivity index (χ4n) is 3.41. The van der Waals surface area contributed by atoms with E-state index < -0.39 is 30.1 Å². The van der Waals surface area contributed by atoms with Crippen molar-refractivity contribution in [2.75, 3.05) is 19.8 Å². The summed E-state index contributed by atoms with van der Waals surface area (Å²) in [5, 5.41) is 0. The Hall–Kier alpha value is -1.35. The second-order valence-electron chi connectivity index (χ2n) is 6.82. The number of hydrogen-bond acceptors (Lipinski definition) is 7. The number of hydrogen-bond donors (Lipinski definition) is 0. The van der Waals surface area contributed by atoms with Crippen LogP contribution >= 0.6 is 0 Å². The lowest BCUT2D eigenvalue weighted by atomic mass is 9.99. The Kier molecular flexibility index (Phi) is 6.30. The maximum Gasteiger partial charge on any atom is 0.221 e. The first-order chi connectivity index (χ1) is 12.9. The van der Waals surface area contributed by atoms with Crippen molar-refractivity contribution in [3.63, 3.8) is 0 Å². The summed E-state index contributed by atoms with van der Waals surface area (Å²) in [5.41, 5.74) is 0.998. The Morgan fingerprint density at radius 2 is 1.67 bits per heavy atom. The van der Waals surface area contributed by atoms with Crippen molar-refractivity contribution in [1.29, 1.82) is 0 Å². The molecule has 0 radical (unpaired) electrons. The van der Waals surface area contributed by atoms with E-state index in [1.165, 1.54) is 0 Å². The van der Waals surface area contributed by atoms with Gasteiger partial charge in [-0.3, -0.25) is 4.79 Å². The first-order valence-electron chi connectivity index (χ1n) is 9.36. The minimum atomic E-state index is -1.23. The van der Waals surface area contributed by atoms with Crippen molar-refractivity contribution in [3.8, 4) is 0 Å². The molecule has 2 aliphatic rings. The van der Waals surface area contributed by atoms with Gasteiger partial charge < -0.3 is 28.4 Å². The SMILES string of the molecule is CCO[C@]1(C)O[C@H]2[C@@H](OCc3ccccc3)OCC(=O)[C@@H]2O[C@@]1(C)OCC. The third-order valence-electron chi connectivity index (χ3n) is 4.91. The van der Waals surface area contributed by atoms with Crippen molar-refractivity contribution in [1.82, 2.24) is 0 Å². The van der Waals surface area contributed by atoms with Crippen molar-refractivity contribution < 1.29 is 33.2 Å². The number of ketones is 1. The number of rotatable bonds is 7. The highest BCUT2D eigenvalue weighted by Crippen LogP contribution is 2.42. The van der Waals surface area contributed by atoms with Crippen molar-refractivity contribution >= 4 is 5.78 Å². The molecule has 3 rings (SSSR count). The molecule has 7 heteroatoms. The maximum absolute atomic E-state index is 12.4. The predicted octanol–water partition coefficient (Wildman–Crippen LogP) is 2.42. The van der Waals surface area contributed by atoms with E-state index in [9.17, 15) is 4.79 Å². The number of carbonyl (C=O) groups is 1. The van der Waals surface area contributed by atoms with E-state index in [1.54, 1.807) is 13.8 Å². The van der Waals surface area contributed by atoms with Crippen LogP contribution in [-0.2, 0) is 39.8 Å². The molecule has 2 aliphatic heterocycles. The van der Waals surface area contributed by atoms with Gasteiger partial charge in [0.25, 0.3) is 0 Å². The highest BCUT2D eigenvalue weighted by molar-refractivity contribution is 5.85. The van der Waals surface area contributed by atoms with Crippen LogP contribution in [0.15, 0.2) is 30.3 Å². The predicted molar refractivity (Wildman–Crippen MR) is 95.8 cm³/mol. The van der Waals surface area contributed by atoms with Crippen LogP contribution in [0.1, 0.15) is 33.3 Å². The quantitative estimate of drug-likeness (QED) is 0.719. The summed E-state index contributed by atoms with van der Waals surface area (Å²) in [6.45, 7) is 8.20. The molecule has 0 aromatic heterocycles. The first kappa shape index (κ1) is 20.4. The van der Waals surface area contributed by atoms with Gasteiger partial charge in [0.15, 0.2) is 18.2 Å². The van der Waals surface area contributed by atoms with Crippen LogP contribution < -0.4 is 0 Å². The van der Waals surface area contributed by atoms with Gasteiger partial charge in [-0.2, -0.15) is 0 Å². The minimum Gasteiger partial charge on any atom is -0.346 e. The van der Waals surface area contributed by atoms with Crippen LogP contribution in [0.5, 0.6) is 0 Å². The number of fused-ring (bicyclic) bond motifs is 1. The van der Waals surface area contributed by atoms with Crippen LogP contribution in [0.2, 0.25) is 0 Å². The summed E-state index contributed by atoms with van der Waals surface area (Å²) in [6.07, 6.45) is -2.34. The molecular weight excluding hydrogens is 352 g/mol. The molecule has 150 valence electrons. The Labute approximate surface area is 159 Å². The molecular formula is C20H28O7. The van der Waals surface area contributed by atoms with Crippen molar-refractivity contribution in [2.45, 2.75) is 64.4 Å². The number of ether oxygens (including phenoxy) is 6. The fraction of sp³-hybridized carbons (Fsp3) is 0.650. The molecule has 7 nitrogen and oxygen atoms in total. The number of Topliss-reactive ketones (excluding diaryl/α,β-unsaturated/α-hetero) is 1. The van der Waals surface area contributed by atoms with Gasteiger partial charge in [-0.15, -0.1) is 0 Å². The standard InChI is InChI=1S/C20H28O7/c1-5-24-19(3)20(4,25-6-2)27-17-16(26-19)15(21)13-23-18(17)22-12-14-10-8-7-9-11-14/h7-11,16-18H,5-6,12-13H2,1-4H3/t16-,17+,18-,19+,20+/m0/s1. The average Bonchev–Trinajstić information content (AvgIpc) is 2.64. The molecule has 27 heavy (non-hydrogen) atoms. The molecule has 0 spiro atoms. The summed E-state index contributed by atoms with van der Waals surface area (Å²) in [7, 11) is 0. The van der Waals surface area contributed by atoms with Gasteiger partial charge in [0.2, 0.25) is 11.6 Å². The zero-order valence-corrected chi connectivity index (χ0v) is 16.3. The van der Waals surface area contributed by atoms with E-state index in [1.807, 2.05) is 44.2 Å². The van der Waals surface area contributed by atoms with Gasteiger partial charge >= 0.3 is 0 Å². The molecule has 0 unspecified atom stereocenters. The monoisotopic (exact) mass is 380 g/mol. The van der Waals surface area contributed by atoms with E-state index in [2.05, 4.69) is 0 Å². The third-order valence-corrected chi connectivity index (χ3v) is 4.91. The summed E-state index contributed by atoms with van der Waals surface area (Å²) in [6, 6.07) is 9.73. The highest BCUT2D eigenvalue weighted by Gasteiger charge is 2.61. The van der Waals surface area contributed by atoms with Crippen LogP contribution in [0.3, 0.4) is 0 Å². The summed E-state index contributed by atoms with van der Waals surface area (Å²) in [5.74, 6) is -2.64. The van der Waals surface area contributed by atoms with E-state index in [-0.39, 0.29) is 12.4 Å². The lowest BCUT2D eigenvalue weighted by Crippen LogP contribution is -2.71. The molecule has 5 atom stereocenters. The Morgan fingerprint density at radius 1 is 1.04 bits per heavy atom. The van der Waals surface area contributed by atoms with E-state index in [4.69, 9.17) is 28.4 Å². The van der Waals surface area contributed by atoms with E-state index in [0.717, 1.165) is 5.56 Å². The normalized spacial score (nSPS) is 36.4. The molecule has 2 saturated heterocycles. The Morgan fingerprint density at radius 3 is 2.30 bits per heavy atom. The molecule has 0 saturated carbocycles. The van der Waals surface area contributed by atoms with Gasteiger partial charge in [0, 0.05) is 13.2 Å². The van der Waals surface area contributed by atoms with E-state index in [0.29, 0.717) is 19.8 Å². The zero-order chi connectivity index (χ0) is 19.5. The van der Waals surface area contributed by atoms with Gasteiger partial charge in [-0.05, 0) is 33.3 Å². The summed E-state index contributed by atoms with van der Waals surface area (Å²) < 4.78 is 35.5. The lowest BCUT2D eigenvalue weighted by Gasteiger charge is -2.54. The third kappa shape index (κ3) is 4.08. The van der Waals surface area contributed by atoms with Gasteiger partial charge in [-0.25, -0.2) is 0 Å². The number of benzene rings is 1. The van der Waals surface area contributed by atoms with Gasteiger partial charge in [0.1, 0.15) is 12.7 Å². The van der Waals surface area contributed by atoms with Crippen molar-refractivity contribution in [2.24, 2.45) is 0 Å². The topological polar surface area (TPSA) is 72.5 Å². The van der Waals surface area contributed by atoms with E-state index >= 15 is 0 Å². The second-order valence-corrected chi connectivity index (χ2v) is 6.82. The molecule has 2 fully saturated rings. The zero-order valence-electron chi connectivity index (χ0n) is 16.3. The molecule has 0 amide bonds. The smallest absolute Gasteiger partial charge is 0.221 e. The average molecular weight is 380 g/mol. The van der Waals surface area contributed by atoms with Crippen LogP contribution in [0.25, 0.3) is 0 Å². The summed E-state index contributed by atoms with van der Waals surface area (Å²) >= 11 is 0. The van der Waals surface area contributed by atoms with Gasteiger partial charge in [-0.1, -0.05) is 30.3 Å². The largest absolute Gasteiger partial charge is 0.346 e. The second kappa shape index (κ2) is 8.34. The Bertz CT molecular complexity index is 636. The highest BCUT2D eigenvalue weighted by atomic mass is 16.8. The molecule has 0 aliphatic carbocycles. The Balaban J connectivity index is 1.79. The fourth-order valence-corrected chi connectivity index (χ4v) is 3.41. The van der Waals surface area contributed by atoms with Crippen LogP contribution in [0, 0.1) is 0 Å². The molecule has 2 heterocycles. The van der Waals surface area contributed by atoms with Crippen LogP contribution in [-0.4, -0.2) is 55.7 Å². The maximum atomic E-state index is 12.4. The minimum absolute atomic E-state index is 0.0997. The molecule has 0 N–H and O–H groups in total. The molecule has 0 bridgehead atoms. The van der Waals surface area contributed by atoms with Crippen LogP contribution in [0.4, 0.5) is 0 Å². The van der Waals surface area contributed by atoms with Crippen molar-refractivity contribution in [3.05, 3.63) is 35.9 Å². The van der Waals surface area contributed by atoms with Gasteiger partial charge in [0.05, 0.1) is 6.61 Å². The summed E-state index contributed by atoms with van der Waals surface area (Å²) in [4.78, 5) is 12.4. The molecule has 1 aromatic rings. The molecule has 1 aromatic carbocycles. The first-order valence-corrected chi connectivity index (χ1v) is 9.36. The lowest BCUT2D eigenvalue weighted by molar-refractivity contribution is -0.468.